The van der Waals surface area contributed by atoms with Crippen LogP contribution in [0.3, 0.4) is 0 Å². The first-order chi connectivity index (χ1) is 8.38. The molecule has 0 aliphatic heterocycles. The highest BCUT2D eigenvalue weighted by molar-refractivity contribution is 5.45. The van der Waals surface area contributed by atoms with Crippen LogP contribution in [0.4, 0.5) is 11.6 Å². The van der Waals surface area contributed by atoms with Crippen LogP contribution in [0.15, 0.2) is 35.1 Å². The summed E-state index contributed by atoms with van der Waals surface area (Å²) in [6.07, 6.45) is 2.64. The molecular weight excluding hydrogens is 216 g/mol. The molecule has 0 aliphatic carbocycles. The molecule has 2 aromatic heterocycles. The quantitative estimate of drug-likeness (QED) is 0.801. The number of rotatable bonds is 6. The van der Waals surface area contributed by atoms with E-state index in [9.17, 15) is 0 Å². The van der Waals surface area contributed by atoms with Gasteiger partial charge in [-0.1, -0.05) is 18.1 Å². The maximum Gasteiger partial charge on any atom is 0.128 e. The summed E-state index contributed by atoms with van der Waals surface area (Å²) in [5.74, 6) is 1.71. The van der Waals surface area contributed by atoms with Crippen LogP contribution < -0.4 is 10.6 Å². The van der Waals surface area contributed by atoms with E-state index in [1.165, 1.54) is 0 Å². The van der Waals surface area contributed by atoms with Gasteiger partial charge in [0.1, 0.15) is 23.6 Å². The Hall–Kier alpha value is -2.04. The molecule has 0 bridgehead atoms. The molecule has 0 unspecified atom stereocenters. The molecular formula is C12H16N4O. The average molecular weight is 232 g/mol. The van der Waals surface area contributed by atoms with Crippen LogP contribution in [0.1, 0.15) is 19.0 Å². The van der Waals surface area contributed by atoms with Crippen LogP contribution in [0.5, 0.6) is 0 Å². The minimum Gasteiger partial charge on any atom is -0.370 e. The predicted molar refractivity (Wildman–Crippen MR) is 66.8 cm³/mol. The lowest BCUT2D eigenvalue weighted by Gasteiger charge is -2.07. The Labute approximate surface area is 100 Å². The van der Waals surface area contributed by atoms with Gasteiger partial charge in [0, 0.05) is 12.6 Å². The Morgan fingerprint density at radius 2 is 2.00 bits per heavy atom. The Balaban J connectivity index is 1.91. The van der Waals surface area contributed by atoms with Gasteiger partial charge in [0.15, 0.2) is 0 Å². The molecule has 0 saturated heterocycles. The number of pyridine rings is 1. The lowest BCUT2D eigenvalue weighted by molar-refractivity contribution is 0.412. The van der Waals surface area contributed by atoms with Gasteiger partial charge in [0.25, 0.3) is 0 Å². The molecule has 2 aromatic rings. The van der Waals surface area contributed by atoms with Crippen molar-refractivity contribution in [3.8, 4) is 0 Å². The van der Waals surface area contributed by atoms with Gasteiger partial charge in [-0.2, -0.15) is 0 Å². The van der Waals surface area contributed by atoms with E-state index in [0.29, 0.717) is 6.54 Å². The molecule has 0 aliphatic rings. The van der Waals surface area contributed by atoms with Crippen LogP contribution >= 0.6 is 0 Å². The van der Waals surface area contributed by atoms with Crippen LogP contribution in [-0.2, 0) is 6.54 Å². The first-order valence-corrected chi connectivity index (χ1v) is 5.72. The Morgan fingerprint density at radius 3 is 2.71 bits per heavy atom. The van der Waals surface area contributed by atoms with E-state index >= 15 is 0 Å². The molecule has 0 amide bonds. The summed E-state index contributed by atoms with van der Waals surface area (Å²) in [5.41, 5.74) is 0.860. The van der Waals surface area contributed by atoms with Gasteiger partial charge >= 0.3 is 0 Å². The van der Waals surface area contributed by atoms with Crippen molar-refractivity contribution < 1.29 is 4.52 Å². The summed E-state index contributed by atoms with van der Waals surface area (Å²) >= 11 is 0. The van der Waals surface area contributed by atoms with Gasteiger partial charge in [-0.05, 0) is 18.6 Å². The van der Waals surface area contributed by atoms with Gasteiger partial charge in [0.05, 0.1) is 6.54 Å². The molecule has 0 spiro atoms. The van der Waals surface area contributed by atoms with Crippen molar-refractivity contribution in [2.75, 3.05) is 17.2 Å². The van der Waals surface area contributed by atoms with Crippen molar-refractivity contribution >= 4 is 11.6 Å². The van der Waals surface area contributed by atoms with Crippen molar-refractivity contribution in [1.29, 1.82) is 0 Å². The molecule has 0 aromatic carbocycles. The second-order valence-corrected chi connectivity index (χ2v) is 3.68. The van der Waals surface area contributed by atoms with Gasteiger partial charge in [-0.25, -0.2) is 4.98 Å². The maximum absolute atomic E-state index is 4.76. The standard InChI is InChI=1S/C12H16N4O/c1-2-7-13-11-4-3-5-12(15-11)14-9-10-6-8-17-16-10/h3-6,8H,2,7,9H2,1H3,(H2,13,14,15). The van der Waals surface area contributed by atoms with E-state index in [1.54, 1.807) is 6.26 Å². The van der Waals surface area contributed by atoms with Crippen molar-refractivity contribution in [1.82, 2.24) is 10.1 Å². The molecule has 0 atom stereocenters. The van der Waals surface area contributed by atoms with Gasteiger partial charge in [-0.3, -0.25) is 0 Å². The van der Waals surface area contributed by atoms with Crippen LogP contribution in [-0.4, -0.2) is 16.7 Å². The van der Waals surface area contributed by atoms with E-state index in [-0.39, 0.29) is 0 Å². The molecule has 2 rings (SSSR count). The highest BCUT2D eigenvalue weighted by Gasteiger charge is 1.99. The lowest BCUT2D eigenvalue weighted by atomic mass is 10.4. The summed E-state index contributed by atoms with van der Waals surface area (Å²) in [5, 5.41) is 10.3. The van der Waals surface area contributed by atoms with Gasteiger partial charge in [-0.15, -0.1) is 0 Å². The number of nitrogens with zero attached hydrogens (tertiary/aromatic N) is 2. The zero-order valence-electron chi connectivity index (χ0n) is 9.81. The maximum atomic E-state index is 4.76. The summed E-state index contributed by atoms with van der Waals surface area (Å²) in [6.45, 7) is 3.67. The normalized spacial score (nSPS) is 10.2. The monoisotopic (exact) mass is 232 g/mol. The van der Waals surface area contributed by atoms with Crippen LogP contribution in [0.25, 0.3) is 0 Å². The molecule has 90 valence electrons. The summed E-state index contributed by atoms with van der Waals surface area (Å²) in [6, 6.07) is 7.68. The minimum atomic E-state index is 0.612. The van der Waals surface area contributed by atoms with Crippen LogP contribution in [0.2, 0.25) is 0 Å². The third kappa shape index (κ3) is 3.48. The number of aromatic nitrogens is 2. The van der Waals surface area contributed by atoms with E-state index < -0.39 is 0 Å². The van der Waals surface area contributed by atoms with E-state index in [4.69, 9.17) is 4.52 Å². The smallest absolute Gasteiger partial charge is 0.128 e. The second-order valence-electron chi connectivity index (χ2n) is 3.68. The molecule has 5 heteroatoms. The first-order valence-electron chi connectivity index (χ1n) is 5.72. The zero-order chi connectivity index (χ0) is 11.9. The van der Waals surface area contributed by atoms with Gasteiger partial charge in [0.2, 0.25) is 0 Å². The Bertz CT molecular complexity index is 442. The lowest BCUT2D eigenvalue weighted by Crippen LogP contribution is -2.05. The molecule has 0 fully saturated rings. The summed E-state index contributed by atoms with van der Waals surface area (Å²) < 4.78 is 4.76. The second kappa shape index (κ2) is 5.89. The Kier molecular flexibility index (Phi) is 3.96. The molecule has 2 N–H and O–H groups in total. The molecule has 17 heavy (non-hydrogen) atoms. The molecule has 0 radical (unpaired) electrons. The summed E-state index contributed by atoms with van der Waals surface area (Å²) in [4.78, 5) is 4.43. The van der Waals surface area contributed by atoms with E-state index in [0.717, 1.165) is 30.3 Å². The zero-order valence-corrected chi connectivity index (χ0v) is 9.81. The fourth-order valence-corrected chi connectivity index (χ4v) is 1.39. The third-order valence-electron chi connectivity index (χ3n) is 2.25. The number of anilines is 2. The first kappa shape index (κ1) is 11.4. The third-order valence-corrected chi connectivity index (χ3v) is 2.25. The van der Waals surface area contributed by atoms with Crippen molar-refractivity contribution in [3.63, 3.8) is 0 Å². The molecule has 5 nitrogen and oxygen atoms in total. The number of nitrogens with one attached hydrogen (secondary N) is 2. The molecule has 2 heterocycles. The van der Waals surface area contributed by atoms with Gasteiger partial charge < -0.3 is 15.2 Å². The van der Waals surface area contributed by atoms with Crippen molar-refractivity contribution in [2.24, 2.45) is 0 Å². The SMILES string of the molecule is CCCNc1cccc(NCc2ccon2)n1. The average Bonchev–Trinajstić information content (AvgIpc) is 2.87. The fourth-order valence-electron chi connectivity index (χ4n) is 1.39. The van der Waals surface area contributed by atoms with Crippen molar-refractivity contribution in [3.05, 3.63) is 36.2 Å². The highest BCUT2D eigenvalue weighted by Crippen LogP contribution is 2.10. The minimum absolute atomic E-state index is 0.612. The molecule has 0 saturated carbocycles. The topological polar surface area (TPSA) is 63.0 Å². The fraction of sp³-hybridized carbons (Fsp3) is 0.333. The largest absolute Gasteiger partial charge is 0.370 e. The number of hydrogen-bond acceptors (Lipinski definition) is 5. The summed E-state index contributed by atoms with van der Waals surface area (Å²) in [7, 11) is 0. The predicted octanol–water partition coefficient (Wildman–Crippen LogP) is 2.50. The van der Waals surface area contributed by atoms with E-state index in [1.807, 2.05) is 24.3 Å². The van der Waals surface area contributed by atoms with Crippen LogP contribution in [0, 0.1) is 0 Å². The highest BCUT2D eigenvalue weighted by atomic mass is 16.5. The Morgan fingerprint density at radius 1 is 1.18 bits per heavy atom. The number of hydrogen-bond donors (Lipinski definition) is 2. The van der Waals surface area contributed by atoms with Crippen molar-refractivity contribution in [2.45, 2.75) is 19.9 Å². The van der Waals surface area contributed by atoms with E-state index in [2.05, 4.69) is 27.7 Å².